The molecule has 0 aliphatic rings. The van der Waals surface area contributed by atoms with Crippen LogP contribution in [0.25, 0.3) is 0 Å². The number of aliphatic carboxylic acids is 1. The summed E-state index contributed by atoms with van der Waals surface area (Å²) < 4.78 is 217. The minimum atomic E-state index is -9.23. The van der Waals surface area contributed by atoms with E-state index in [0.717, 1.165) is 0 Å². The summed E-state index contributed by atoms with van der Waals surface area (Å²) in [7, 11) is 0. The minimum Gasteiger partial charge on any atom is -0.477 e. The van der Waals surface area contributed by atoms with E-state index in [-0.39, 0.29) is 0 Å². The van der Waals surface area contributed by atoms with Gasteiger partial charge in [-0.05, 0) is 0 Å². The Kier molecular flexibility index (Phi) is 5.76. The Morgan fingerprint density at radius 1 is 0.500 bits per heavy atom. The third kappa shape index (κ3) is 2.91. The highest BCUT2D eigenvalue weighted by Gasteiger charge is 3.02. The Hall–Kier alpha value is -1.72. The van der Waals surface area contributed by atoms with Gasteiger partial charge in [0.2, 0.25) is 0 Å². The molecule has 0 saturated heterocycles. The average Bonchev–Trinajstić information content (AvgIpc) is 2.29. The molecule has 0 rings (SSSR count). The van der Waals surface area contributed by atoms with Crippen molar-refractivity contribution in [2.75, 3.05) is 0 Å². The van der Waals surface area contributed by atoms with Crippen LogP contribution in [-0.2, 0) is 4.79 Å². The molecule has 0 aromatic heterocycles. The molecule has 0 aliphatic heterocycles. The molecule has 0 aromatic rings. The monoisotopic (exact) mass is 464 g/mol. The standard InChI is InChI=1S/C9HF17O2/c10-2(11,1(27)28)4(12,9(24,25)26)5(13,14)3(6(15,16)17,7(18,19)20)8(21,22)23/h(H,27,28)/t4-/m1/s1. The van der Waals surface area contributed by atoms with E-state index in [1.165, 1.54) is 0 Å². The van der Waals surface area contributed by atoms with E-state index in [9.17, 15) is 79.4 Å². The van der Waals surface area contributed by atoms with Crippen LogP contribution < -0.4 is 0 Å². The summed E-state index contributed by atoms with van der Waals surface area (Å²) in [6, 6.07) is 0. The fraction of sp³-hybridized carbons (Fsp3) is 0.889. The normalized spacial score (nSPS) is 18.0. The summed E-state index contributed by atoms with van der Waals surface area (Å²) in [5.41, 5.74) is -17.9. The lowest BCUT2D eigenvalue weighted by Gasteiger charge is -2.49. The zero-order valence-electron chi connectivity index (χ0n) is 11.8. The fourth-order valence-electron chi connectivity index (χ4n) is 1.98. The van der Waals surface area contributed by atoms with Gasteiger partial charge in [0.05, 0.1) is 0 Å². The summed E-state index contributed by atoms with van der Waals surface area (Å²) in [4.78, 5) is 9.97. The summed E-state index contributed by atoms with van der Waals surface area (Å²) in [6.45, 7) is 0. The van der Waals surface area contributed by atoms with Crippen molar-refractivity contribution in [2.45, 2.75) is 42.2 Å². The molecule has 0 aliphatic carbocycles. The van der Waals surface area contributed by atoms with E-state index >= 15 is 0 Å². The van der Waals surface area contributed by atoms with E-state index in [0.29, 0.717) is 0 Å². The maximum absolute atomic E-state index is 13.7. The average molecular weight is 464 g/mol. The van der Waals surface area contributed by atoms with Crippen LogP contribution in [0, 0.1) is 5.41 Å². The van der Waals surface area contributed by atoms with Gasteiger partial charge >= 0.3 is 53.6 Å². The number of carbonyl (C=O) groups is 1. The van der Waals surface area contributed by atoms with Gasteiger partial charge in [-0.1, -0.05) is 0 Å². The Bertz CT molecular complexity index is 568. The van der Waals surface area contributed by atoms with Gasteiger partial charge in [0, 0.05) is 0 Å². The van der Waals surface area contributed by atoms with Gasteiger partial charge < -0.3 is 5.11 Å². The Balaban J connectivity index is 7.84. The fourth-order valence-corrected chi connectivity index (χ4v) is 1.98. The van der Waals surface area contributed by atoms with E-state index in [1.54, 1.807) is 0 Å². The largest absolute Gasteiger partial charge is 0.477 e. The minimum absolute atomic E-state index is 4.73. The molecule has 2 nitrogen and oxygen atoms in total. The van der Waals surface area contributed by atoms with Crippen molar-refractivity contribution in [3.05, 3.63) is 0 Å². The lowest BCUT2D eigenvalue weighted by atomic mass is 9.69. The number of alkyl halides is 17. The van der Waals surface area contributed by atoms with E-state index in [4.69, 9.17) is 5.11 Å². The molecule has 0 bridgehead atoms. The third-order valence-corrected chi connectivity index (χ3v) is 3.27. The number of carboxylic acids is 1. The Morgan fingerprint density at radius 2 is 0.750 bits per heavy atom. The van der Waals surface area contributed by atoms with Gasteiger partial charge in [-0.2, -0.15) is 61.5 Å². The van der Waals surface area contributed by atoms with Crippen molar-refractivity contribution < 1.29 is 84.5 Å². The SMILES string of the molecule is O=C(O)C(F)(F)[C@](F)(C(F)(F)F)C(F)(F)C(C(F)(F)F)(C(F)(F)F)C(F)(F)F. The lowest BCUT2D eigenvalue weighted by molar-refractivity contribution is -0.509. The molecule has 0 fully saturated rings. The number of hydrogen-bond donors (Lipinski definition) is 1. The molecule has 0 aromatic carbocycles. The molecule has 0 amide bonds. The van der Waals surface area contributed by atoms with Gasteiger partial charge in [0.25, 0.3) is 0 Å². The van der Waals surface area contributed by atoms with Crippen molar-refractivity contribution in [1.82, 2.24) is 0 Å². The van der Waals surface area contributed by atoms with Crippen LogP contribution >= 0.6 is 0 Å². The molecular weight excluding hydrogens is 463 g/mol. The summed E-state index contributed by atoms with van der Waals surface area (Å²) in [5, 5.41) is 7.71. The van der Waals surface area contributed by atoms with Gasteiger partial charge in [-0.3, -0.25) is 0 Å². The third-order valence-electron chi connectivity index (χ3n) is 3.27. The number of halogens is 17. The molecule has 28 heavy (non-hydrogen) atoms. The highest BCUT2D eigenvalue weighted by atomic mass is 19.4. The zero-order valence-corrected chi connectivity index (χ0v) is 11.8. The number of rotatable bonds is 4. The molecule has 0 radical (unpaired) electrons. The van der Waals surface area contributed by atoms with Crippen molar-refractivity contribution in [2.24, 2.45) is 5.41 Å². The first kappa shape index (κ1) is 26.3. The first-order valence-corrected chi connectivity index (χ1v) is 5.64. The molecule has 0 heterocycles. The molecule has 168 valence electrons. The lowest BCUT2D eigenvalue weighted by Crippen LogP contribution is -2.80. The smallest absolute Gasteiger partial charge is 0.435 e. The second kappa shape index (κ2) is 6.14. The topological polar surface area (TPSA) is 37.3 Å². The molecular formula is C9HF17O2. The summed E-state index contributed by atoms with van der Waals surface area (Å²) in [5.74, 6) is -21.9. The van der Waals surface area contributed by atoms with Crippen molar-refractivity contribution in [1.29, 1.82) is 0 Å². The first-order valence-electron chi connectivity index (χ1n) is 5.64. The molecule has 1 atom stereocenters. The molecule has 19 heteroatoms. The van der Waals surface area contributed by atoms with Crippen LogP contribution in [0.3, 0.4) is 0 Å². The quantitative estimate of drug-likeness (QED) is 0.575. The maximum atomic E-state index is 13.7. The van der Waals surface area contributed by atoms with Crippen LogP contribution in [0.5, 0.6) is 0 Å². The second-order valence-corrected chi connectivity index (χ2v) is 4.85. The van der Waals surface area contributed by atoms with Crippen LogP contribution in [0.15, 0.2) is 0 Å². The van der Waals surface area contributed by atoms with Crippen LogP contribution in [0.1, 0.15) is 0 Å². The molecule has 1 N–H and O–H groups in total. The van der Waals surface area contributed by atoms with Gasteiger partial charge in [0.1, 0.15) is 0 Å². The predicted molar refractivity (Wildman–Crippen MR) is 48.0 cm³/mol. The summed E-state index contributed by atoms with van der Waals surface area (Å²) >= 11 is 0. The maximum Gasteiger partial charge on any atom is 0.435 e. The molecule has 0 spiro atoms. The van der Waals surface area contributed by atoms with Gasteiger partial charge in [-0.15, -0.1) is 0 Å². The van der Waals surface area contributed by atoms with Gasteiger partial charge in [-0.25, -0.2) is 18.0 Å². The first-order chi connectivity index (χ1) is 11.7. The molecule has 0 unspecified atom stereocenters. The molecule has 0 saturated carbocycles. The van der Waals surface area contributed by atoms with Crippen molar-refractivity contribution in [3.8, 4) is 0 Å². The predicted octanol–water partition coefficient (Wildman–Crippen LogP) is 5.29. The van der Waals surface area contributed by atoms with Crippen molar-refractivity contribution >= 4 is 5.97 Å². The zero-order chi connectivity index (χ0) is 23.6. The second-order valence-electron chi connectivity index (χ2n) is 4.85. The van der Waals surface area contributed by atoms with Crippen LogP contribution in [-0.4, -0.2) is 53.3 Å². The van der Waals surface area contributed by atoms with E-state index in [2.05, 4.69) is 0 Å². The van der Waals surface area contributed by atoms with Gasteiger partial charge in [0.15, 0.2) is 0 Å². The van der Waals surface area contributed by atoms with E-state index < -0.39 is 53.6 Å². The summed E-state index contributed by atoms with van der Waals surface area (Å²) in [6.07, 6.45) is -34.2. The van der Waals surface area contributed by atoms with Crippen LogP contribution in [0.4, 0.5) is 74.6 Å². The highest BCUT2D eigenvalue weighted by Crippen LogP contribution is 2.72. The number of carboxylic acid groups (broad SMARTS) is 1. The highest BCUT2D eigenvalue weighted by molar-refractivity contribution is 5.78. The number of hydrogen-bond acceptors (Lipinski definition) is 1. The van der Waals surface area contributed by atoms with Crippen LogP contribution in [0.2, 0.25) is 0 Å². The van der Waals surface area contributed by atoms with Crippen molar-refractivity contribution in [3.63, 3.8) is 0 Å². The Labute approximate surface area is 139 Å². The van der Waals surface area contributed by atoms with E-state index in [1.807, 2.05) is 0 Å². The Morgan fingerprint density at radius 3 is 0.893 bits per heavy atom.